The van der Waals surface area contributed by atoms with E-state index >= 15 is 0 Å². The minimum absolute atomic E-state index is 0.0581. The molecule has 2 heterocycles. The van der Waals surface area contributed by atoms with Gasteiger partial charge in [0.25, 0.3) is 5.91 Å². The quantitative estimate of drug-likeness (QED) is 0.604. The first kappa shape index (κ1) is 18.0. The van der Waals surface area contributed by atoms with Gasteiger partial charge in [-0.2, -0.15) is 0 Å². The Morgan fingerprint density at radius 1 is 1.07 bits per heavy atom. The number of carboxylic acid groups (broad SMARTS) is 1. The molecular formula is C21H22N4O3. The maximum absolute atomic E-state index is 12.3. The number of amides is 1. The summed E-state index contributed by atoms with van der Waals surface area (Å²) in [5, 5.41) is 15.9. The number of nitrogens with one attached hydrogen (secondary N) is 2. The maximum Gasteiger partial charge on any atom is 0.337 e. The van der Waals surface area contributed by atoms with Gasteiger partial charge in [-0.1, -0.05) is 18.2 Å². The lowest BCUT2D eigenvalue weighted by Crippen LogP contribution is -2.24. The van der Waals surface area contributed by atoms with E-state index in [0.29, 0.717) is 42.2 Å². The van der Waals surface area contributed by atoms with Crippen LogP contribution < -0.4 is 10.6 Å². The molecule has 1 amide bonds. The highest BCUT2D eigenvalue weighted by Gasteiger charge is 2.18. The van der Waals surface area contributed by atoms with Crippen LogP contribution in [0.3, 0.4) is 0 Å². The number of anilines is 1. The largest absolute Gasteiger partial charge is 0.478 e. The van der Waals surface area contributed by atoms with Gasteiger partial charge >= 0.3 is 5.97 Å². The van der Waals surface area contributed by atoms with Crippen LogP contribution in [0.5, 0.6) is 0 Å². The van der Waals surface area contributed by atoms with Crippen molar-refractivity contribution in [2.24, 2.45) is 0 Å². The number of para-hydroxylation sites is 1. The first-order chi connectivity index (χ1) is 13.6. The summed E-state index contributed by atoms with van der Waals surface area (Å²) in [5.41, 5.74) is 3.16. The van der Waals surface area contributed by atoms with Gasteiger partial charge in [0.1, 0.15) is 0 Å². The van der Waals surface area contributed by atoms with Gasteiger partial charge in [-0.05, 0) is 49.1 Å². The minimum atomic E-state index is -0.955. The number of aryl methyl sites for hydroxylation is 1. The SMILES string of the molecule is O=C1NCCCCCn2c(nc3cccc(C(=O)O)c32)NCc2cccc1c2. The summed E-state index contributed by atoms with van der Waals surface area (Å²) >= 11 is 0. The van der Waals surface area contributed by atoms with Gasteiger partial charge in [-0.25, -0.2) is 9.78 Å². The molecule has 0 atom stereocenters. The average Bonchev–Trinajstić information content (AvgIpc) is 3.06. The number of aromatic carboxylic acids is 1. The summed E-state index contributed by atoms with van der Waals surface area (Å²) < 4.78 is 1.97. The Kier molecular flexibility index (Phi) is 4.97. The molecule has 0 saturated heterocycles. The fourth-order valence-electron chi connectivity index (χ4n) is 3.59. The lowest BCUT2D eigenvalue weighted by Gasteiger charge is -2.14. The Balaban J connectivity index is 1.75. The number of fused-ring (bicyclic) bond motifs is 5. The highest BCUT2D eigenvalue weighted by Crippen LogP contribution is 2.25. The van der Waals surface area contributed by atoms with E-state index in [4.69, 9.17) is 0 Å². The van der Waals surface area contributed by atoms with Crippen molar-refractivity contribution in [1.82, 2.24) is 14.9 Å². The Morgan fingerprint density at radius 2 is 1.93 bits per heavy atom. The van der Waals surface area contributed by atoms with Crippen molar-refractivity contribution in [2.75, 3.05) is 11.9 Å². The fourth-order valence-corrected chi connectivity index (χ4v) is 3.59. The van der Waals surface area contributed by atoms with Gasteiger partial charge in [0, 0.05) is 25.2 Å². The topological polar surface area (TPSA) is 96.2 Å². The molecule has 7 nitrogen and oxygen atoms in total. The predicted molar refractivity (Wildman–Crippen MR) is 107 cm³/mol. The smallest absolute Gasteiger partial charge is 0.337 e. The van der Waals surface area contributed by atoms with Gasteiger partial charge in [0.05, 0.1) is 16.6 Å². The molecule has 0 saturated carbocycles. The van der Waals surface area contributed by atoms with E-state index in [9.17, 15) is 14.7 Å². The summed E-state index contributed by atoms with van der Waals surface area (Å²) in [6.45, 7) is 1.78. The number of carbonyl (C=O) groups excluding carboxylic acids is 1. The summed E-state index contributed by atoms with van der Waals surface area (Å²) in [6.07, 6.45) is 2.66. The van der Waals surface area contributed by atoms with Crippen LogP contribution in [0.4, 0.5) is 5.95 Å². The van der Waals surface area contributed by atoms with Crippen LogP contribution in [0.15, 0.2) is 42.5 Å². The number of hydrogen-bond donors (Lipinski definition) is 3. The molecule has 144 valence electrons. The summed E-state index contributed by atoms with van der Waals surface area (Å²) in [7, 11) is 0. The molecule has 3 aromatic rings. The van der Waals surface area contributed by atoms with Crippen molar-refractivity contribution in [3.8, 4) is 0 Å². The Bertz CT molecular complexity index is 1040. The Morgan fingerprint density at radius 3 is 2.79 bits per heavy atom. The number of carboxylic acids is 1. The van der Waals surface area contributed by atoms with Gasteiger partial charge in [-0.15, -0.1) is 0 Å². The highest BCUT2D eigenvalue weighted by atomic mass is 16.4. The normalized spacial score (nSPS) is 15.2. The molecule has 0 spiro atoms. The van der Waals surface area contributed by atoms with Crippen LogP contribution in [0.25, 0.3) is 11.0 Å². The molecule has 0 radical (unpaired) electrons. The first-order valence-electron chi connectivity index (χ1n) is 9.47. The second kappa shape index (κ2) is 7.72. The molecule has 0 fully saturated rings. The van der Waals surface area contributed by atoms with Crippen molar-refractivity contribution in [1.29, 1.82) is 0 Å². The van der Waals surface area contributed by atoms with E-state index in [-0.39, 0.29) is 11.5 Å². The summed E-state index contributed by atoms with van der Waals surface area (Å²) in [4.78, 5) is 28.6. The maximum atomic E-state index is 12.3. The monoisotopic (exact) mass is 378 g/mol. The molecule has 7 heteroatoms. The number of benzene rings is 2. The molecule has 0 unspecified atom stereocenters. The average molecular weight is 378 g/mol. The minimum Gasteiger partial charge on any atom is -0.478 e. The van der Waals surface area contributed by atoms with Crippen molar-refractivity contribution < 1.29 is 14.7 Å². The van der Waals surface area contributed by atoms with Gasteiger partial charge in [-0.3, -0.25) is 4.79 Å². The molecule has 1 aromatic heterocycles. The van der Waals surface area contributed by atoms with Crippen LogP contribution in [-0.2, 0) is 13.1 Å². The zero-order valence-electron chi connectivity index (χ0n) is 15.4. The number of imidazole rings is 1. The molecule has 4 rings (SSSR count). The van der Waals surface area contributed by atoms with E-state index in [1.807, 2.05) is 28.8 Å². The number of hydrogen-bond acceptors (Lipinski definition) is 4. The second-order valence-corrected chi connectivity index (χ2v) is 6.94. The van der Waals surface area contributed by atoms with Gasteiger partial charge < -0.3 is 20.3 Å². The molecule has 3 N–H and O–H groups in total. The van der Waals surface area contributed by atoms with Gasteiger partial charge in [0.15, 0.2) is 0 Å². The van der Waals surface area contributed by atoms with E-state index in [1.165, 1.54) is 0 Å². The van der Waals surface area contributed by atoms with Crippen molar-refractivity contribution in [3.05, 3.63) is 59.2 Å². The molecule has 28 heavy (non-hydrogen) atoms. The third-order valence-corrected chi connectivity index (χ3v) is 4.98. The predicted octanol–water partition coefficient (Wildman–Crippen LogP) is 3.26. The lowest BCUT2D eigenvalue weighted by molar-refractivity contribution is 0.0698. The Hall–Kier alpha value is -3.35. The highest BCUT2D eigenvalue weighted by molar-refractivity contribution is 6.02. The van der Waals surface area contributed by atoms with Gasteiger partial charge in [0.2, 0.25) is 5.95 Å². The van der Waals surface area contributed by atoms with E-state index in [1.54, 1.807) is 18.2 Å². The molecule has 2 bridgehead atoms. The fraction of sp³-hybridized carbons (Fsp3) is 0.286. The number of carbonyl (C=O) groups is 2. The van der Waals surface area contributed by atoms with E-state index in [0.717, 1.165) is 24.8 Å². The number of nitrogens with zero attached hydrogens (tertiary/aromatic N) is 2. The second-order valence-electron chi connectivity index (χ2n) is 6.94. The van der Waals surface area contributed by atoms with Crippen LogP contribution >= 0.6 is 0 Å². The van der Waals surface area contributed by atoms with E-state index < -0.39 is 5.97 Å². The lowest BCUT2D eigenvalue weighted by atomic mass is 10.1. The molecule has 0 aliphatic carbocycles. The third-order valence-electron chi connectivity index (χ3n) is 4.98. The van der Waals surface area contributed by atoms with Crippen LogP contribution in [0, 0.1) is 0 Å². The third kappa shape index (κ3) is 3.55. The number of rotatable bonds is 1. The number of aromatic nitrogens is 2. The molecule has 2 aromatic carbocycles. The zero-order valence-corrected chi connectivity index (χ0v) is 15.4. The summed E-state index contributed by atoms with van der Waals surface area (Å²) in [5.74, 6) is -0.365. The molecule has 1 aliphatic rings. The van der Waals surface area contributed by atoms with Crippen molar-refractivity contribution >= 4 is 28.9 Å². The van der Waals surface area contributed by atoms with Crippen LogP contribution in [-0.4, -0.2) is 33.1 Å². The molecule has 1 aliphatic heterocycles. The van der Waals surface area contributed by atoms with Crippen molar-refractivity contribution in [3.63, 3.8) is 0 Å². The standard InChI is InChI=1S/C21H22N4O3/c26-19-15-7-4-6-14(12-15)13-23-21-24-17-9-5-8-16(20(27)28)18(17)25(21)11-3-1-2-10-22-19/h4-9,12H,1-3,10-11,13H2,(H,22,26)(H,23,24)(H,27,28). The van der Waals surface area contributed by atoms with Crippen LogP contribution in [0.1, 0.15) is 45.5 Å². The van der Waals surface area contributed by atoms with Crippen molar-refractivity contribution in [2.45, 2.75) is 32.4 Å². The first-order valence-corrected chi connectivity index (χ1v) is 9.47. The Labute approximate surface area is 162 Å². The van der Waals surface area contributed by atoms with Crippen LogP contribution in [0.2, 0.25) is 0 Å². The molecular weight excluding hydrogens is 356 g/mol. The summed E-state index contributed by atoms with van der Waals surface area (Å²) in [6, 6.07) is 12.7. The zero-order chi connectivity index (χ0) is 19.5. The van der Waals surface area contributed by atoms with E-state index in [2.05, 4.69) is 15.6 Å².